The van der Waals surface area contributed by atoms with E-state index in [-0.39, 0.29) is 12.5 Å². The van der Waals surface area contributed by atoms with Crippen molar-refractivity contribution >= 4 is 46.5 Å². The highest BCUT2D eigenvalue weighted by Gasteiger charge is 2.13. The lowest BCUT2D eigenvalue weighted by Gasteiger charge is -2.12. The van der Waals surface area contributed by atoms with Gasteiger partial charge in [0.25, 0.3) is 0 Å². The van der Waals surface area contributed by atoms with Crippen LogP contribution in [0, 0.1) is 10.8 Å². The van der Waals surface area contributed by atoms with Crippen molar-refractivity contribution in [3.8, 4) is 5.75 Å². The Labute approximate surface area is 190 Å². The quantitative estimate of drug-likeness (QED) is 0.192. The van der Waals surface area contributed by atoms with Crippen LogP contribution in [0.2, 0.25) is 5.02 Å². The Hall–Kier alpha value is -3.96. The Morgan fingerprint density at radius 1 is 0.938 bits per heavy atom. The van der Waals surface area contributed by atoms with E-state index in [4.69, 9.17) is 31.9 Å². The van der Waals surface area contributed by atoms with Crippen molar-refractivity contribution in [3.63, 3.8) is 0 Å². The predicted molar refractivity (Wildman–Crippen MR) is 129 cm³/mol. The average molecular weight is 442 g/mol. The molecule has 32 heavy (non-hydrogen) atoms. The van der Waals surface area contributed by atoms with Crippen LogP contribution in [0.1, 0.15) is 16.8 Å². The van der Waals surface area contributed by atoms with E-state index in [1.807, 2.05) is 78.9 Å². The van der Waals surface area contributed by atoms with Crippen molar-refractivity contribution in [1.82, 2.24) is 4.98 Å². The van der Waals surface area contributed by atoms with E-state index >= 15 is 0 Å². The maximum absolute atomic E-state index is 8.19. The second-order valence-electron chi connectivity index (χ2n) is 6.96. The molecule has 4 rings (SSSR count). The molecule has 0 fully saturated rings. The number of hydrogen-bond donors (Lipinski definition) is 2. The normalized spacial score (nSPS) is 11.2. The van der Waals surface area contributed by atoms with Gasteiger partial charge in [0.15, 0.2) is 6.40 Å². The van der Waals surface area contributed by atoms with Crippen LogP contribution in [0.4, 0.5) is 0 Å². The first kappa shape index (κ1) is 21.3. The van der Waals surface area contributed by atoms with E-state index in [2.05, 4.69) is 4.98 Å². The minimum atomic E-state index is -0.144. The second kappa shape index (κ2) is 9.90. The fourth-order valence-electron chi connectivity index (χ4n) is 3.24. The third-order valence-corrected chi connectivity index (χ3v) is 5.10. The molecule has 1 heterocycles. The molecule has 5 nitrogen and oxygen atoms in total. The topological polar surface area (TPSA) is 79.0 Å². The van der Waals surface area contributed by atoms with Gasteiger partial charge in [0.1, 0.15) is 12.4 Å². The van der Waals surface area contributed by atoms with Gasteiger partial charge in [-0.3, -0.25) is 10.8 Å². The summed E-state index contributed by atoms with van der Waals surface area (Å²) in [4.78, 5) is 4.61. The summed E-state index contributed by atoms with van der Waals surface area (Å²) in [5.74, 6) is 0.373. The fraction of sp³-hybridized carbons (Fsp3) is 0.0385. The first-order valence-electron chi connectivity index (χ1n) is 9.93. The molecule has 1 aromatic heterocycles. The van der Waals surface area contributed by atoms with E-state index in [1.165, 1.54) is 0 Å². The summed E-state index contributed by atoms with van der Waals surface area (Å²) in [6.45, 7) is 0.281. The van der Waals surface area contributed by atoms with Gasteiger partial charge in [0, 0.05) is 11.0 Å². The third-order valence-electron chi connectivity index (χ3n) is 4.81. The molecule has 0 aliphatic rings. The molecule has 0 atom stereocenters. The molecule has 0 radical (unpaired) electrons. The van der Waals surface area contributed by atoms with E-state index < -0.39 is 0 Å². The Bertz CT molecular complexity index is 1300. The maximum Gasteiger partial charge on any atom is 0.221 e. The van der Waals surface area contributed by atoms with E-state index in [9.17, 15) is 0 Å². The molecule has 3 aromatic carbocycles. The lowest BCUT2D eigenvalue weighted by atomic mass is 10.0. The summed E-state index contributed by atoms with van der Waals surface area (Å²) < 4.78 is 10.9. The summed E-state index contributed by atoms with van der Waals surface area (Å²) in [6.07, 6.45) is 2.55. The highest BCUT2D eigenvalue weighted by Crippen LogP contribution is 2.30. The van der Waals surface area contributed by atoms with E-state index in [0.717, 1.165) is 28.6 Å². The molecule has 0 spiro atoms. The minimum absolute atomic E-state index is 0.144. The van der Waals surface area contributed by atoms with Gasteiger partial charge >= 0.3 is 0 Å². The highest BCUT2D eigenvalue weighted by atomic mass is 35.5. The smallest absolute Gasteiger partial charge is 0.221 e. The minimum Gasteiger partial charge on any atom is -0.486 e. The predicted octanol–water partition coefficient (Wildman–Crippen LogP) is 6.61. The number of benzene rings is 3. The van der Waals surface area contributed by atoms with Gasteiger partial charge in [-0.2, -0.15) is 0 Å². The molecule has 0 saturated carbocycles. The van der Waals surface area contributed by atoms with Crippen molar-refractivity contribution in [2.75, 3.05) is 0 Å². The molecule has 0 bridgehead atoms. The van der Waals surface area contributed by atoms with Crippen molar-refractivity contribution in [2.45, 2.75) is 6.61 Å². The lowest BCUT2D eigenvalue weighted by Crippen LogP contribution is -2.05. The van der Waals surface area contributed by atoms with Gasteiger partial charge < -0.3 is 9.47 Å². The summed E-state index contributed by atoms with van der Waals surface area (Å²) in [5, 5.41) is 16.8. The second-order valence-corrected chi connectivity index (χ2v) is 7.37. The van der Waals surface area contributed by atoms with Crippen molar-refractivity contribution < 1.29 is 9.47 Å². The van der Waals surface area contributed by atoms with Crippen LogP contribution in [0.15, 0.2) is 84.9 Å². The molecule has 2 N–H and O–H groups in total. The number of ether oxygens (including phenoxy) is 2. The zero-order valence-corrected chi connectivity index (χ0v) is 17.8. The third kappa shape index (κ3) is 5.02. The number of rotatable bonds is 7. The molecule has 0 aliphatic carbocycles. The number of para-hydroxylation sites is 1. The Balaban J connectivity index is 1.56. The Morgan fingerprint density at radius 2 is 1.72 bits per heavy atom. The SMILES string of the molecule is N=COC(=N)/C(=C/c1ccccc1)c1ccc(OCc2ccc3ccccc3n2)c(Cl)c1. The van der Waals surface area contributed by atoms with E-state index in [1.54, 1.807) is 12.1 Å². The van der Waals surface area contributed by atoms with E-state index in [0.29, 0.717) is 21.9 Å². The van der Waals surface area contributed by atoms with Crippen LogP contribution in [0.25, 0.3) is 22.6 Å². The Kier molecular flexibility index (Phi) is 6.58. The number of hydrogen-bond acceptors (Lipinski definition) is 5. The van der Waals surface area contributed by atoms with Gasteiger partial charge in [0.2, 0.25) is 5.90 Å². The molecular formula is C26H20ClN3O2. The summed E-state index contributed by atoms with van der Waals surface area (Å²) >= 11 is 6.49. The standard InChI is InChI=1S/C26H20ClN3O2/c27-23-15-20(22(26(29)32-17-28)14-18-6-2-1-3-7-18)11-13-25(23)31-16-21-12-10-19-8-4-5-9-24(19)30-21/h1-15,17,28-29H,16H2/b22-14+,28-17?,29-26?. The first-order valence-corrected chi connectivity index (χ1v) is 10.3. The zero-order valence-electron chi connectivity index (χ0n) is 17.1. The number of nitrogens with one attached hydrogen (secondary N) is 2. The molecule has 0 saturated heterocycles. The fourth-order valence-corrected chi connectivity index (χ4v) is 3.48. The largest absolute Gasteiger partial charge is 0.486 e. The van der Waals surface area contributed by atoms with Gasteiger partial charge in [0.05, 0.1) is 16.2 Å². The van der Waals surface area contributed by atoms with Crippen LogP contribution in [0.3, 0.4) is 0 Å². The maximum atomic E-state index is 8.19. The molecular weight excluding hydrogens is 422 g/mol. The van der Waals surface area contributed by atoms with Crippen LogP contribution < -0.4 is 4.74 Å². The molecule has 0 aliphatic heterocycles. The average Bonchev–Trinajstić information content (AvgIpc) is 2.82. The van der Waals surface area contributed by atoms with Crippen molar-refractivity contribution in [3.05, 3.63) is 107 Å². The molecule has 0 amide bonds. The summed E-state index contributed by atoms with van der Waals surface area (Å²) in [7, 11) is 0. The number of pyridine rings is 1. The molecule has 4 aromatic rings. The van der Waals surface area contributed by atoms with Crippen LogP contribution in [-0.4, -0.2) is 17.3 Å². The summed E-state index contributed by atoms with van der Waals surface area (Å²) in [6, 6.07) is 26.8. The highest BCUT2D eigenvalue weighted by molar-refractivity contribution is 6.33. The zero-order chi connectivity index (χ0) is 22.3. The summed E-state index contributed by atoms with van der Waals surface area (Å²) in [5.41, 5.74) is 3.80. The van der Waals surface area contributed by atoms with Gasteiger partial charge in [-0.25, -0.2) is 4.98 Å². The van der Waals surface area contributed by atoms with Gasteiger partial charge in [-0.05, 0) is 41.5 Å². The molecule has 0 unspecified atom stereocenters. The lowest BCUT2D eigenvalue weighted by molar-refractivity contribution is 0.302. The number of nitrogens with zero attached hydrogens (tertiary/aromatic N) is 1. The number of halogens is 1. The van der Waals surface area contributed by atoms with Crippen LogP contribution >= 0.6 is 11.6 Å². The Morgan fingerprint density at radius 3 is 2.50 bits per heavy atom. The van der Waals surface area contributed by atoms with Crippen LogP contribution in [0.5, 0.6) is 5.75 Å². The first-order chi connectivity index (χ1) is 15.6. The van der Waals surface area contributed by atoms with Gasteiger partial charge in [-0.15, -0.1) is 0 Å². The van der Waals surface area contributed by atoms with Crippen molar-refractivity contribution in [2.24, 2.45) is 0 Å². The molecule has 158 valence electrons. The van der Waals surface area contributed by atoms with Crippen molar-refractivity contribution in [1.29, 1.82) is 10.8 Å². The molecule has 6 heteroatoms. The monoisotopic (exact) mass is 441 g/mol. The van der Waals surface area contributed by atoms with Crippen LogP contribution in [-0.2, 0) is 11.3 Å². The van der Waals surface area contributed by atoms with Gasteiger partial charge in [-0.1, -0.05) is 72.3 Å². The number of fused-ring (bicyclic) bond motifs is 1. The number of aromatic nitrogens is 1.